The van der Waals surface area contributed by atoms with Gasteiger partial charge in [-0.05, 0) is 48.7 Å². The van der Waals surface area contributed by atoms with Gasteiger partial charge in [0.05, 0.1) is 18.4 Å². The zero-order valence-electron chi connectivity index (χ0n) is 24.9. The zero-order chi connectivity index (χ0) is 31.9. The number of fused-ring (bicyclic) bond motifs is 1. The number of aromatic nitrogens is 1. The molecule has 3 amide bonds. The SMILES string of the molecule is C[C@H](c1ccc(COc2cccc3c2CN([C@H]2CCC(=O)NC2=O)C3=O)cc1)N1CCN(c2ccc(C#N)nc2)CC1.O=CO. The molecular weight excluding hydrogens is 576 g/mol. The van der Waals surface area contributed by atoms with Gasteiger partial charge in [0.1, 0.15) is 30.2 Å². The van der Waals surface area contributed by atoms with Crippen LogP contribution in [0.5, 0.6) is 5.75 Å². The van der Waals surface area contributed by atoms with E-state index >= 15 is 0 Å². The van der Waals surface area contributed by atoms with Gasteiger partial charge < -0.3 is 19.6 Å². The molecule has 0 saturated carbocycles. The molecule has 12 nitrogen and oxygen atoms in total. The second-order valence-corrected chi connectivity index (χ2v) is 11.0. The minimum atomic E-state index is -0.652. The molecule has 12 heteroatoms. The summed E-state index contributed by atoms with van der Waals surface area (Å²) < 4.78 is 6.18. The molecule has 2 atom stereocenters. The molecule has 2 fully saturated rings. The van der Waals surface area contributed by atoms with Crippen LogP contribution in [0.1, 0.15) is 58.5 Å². The Bertz CT molecular complexity index is 1600. The molecule has 2 saturated heterocycles. The van der Waals surface area contributed by atoms with Gasteiger partial charge in [-0.15, -0.1) is 0 Å². The van der Waals surface area contributed by atoms with E-state index in [-0.39, 0.29) is 37.3 Å². The average molecular weight is 611 g/mol. The topological polar surface area (TPSA) is 156 Å². The van der Waals surface area contributed by atoms with Crippen LogP contribution < -0.4 is 15.0 Å². The number of piperazine rings is 1. The van der Waals surface area contributed by atoms with Crippen molar-refractivity contribution >= 4 is 29.9 Å². The van der Waals surface area contributed by atoms with Crippen molar-refractivity contribution in [1.82, 2.24) is 20.1 Å². The van der Waals surface area contributed by atoms with Crippen molar-refractivity contribution in [2.75, 3.05) is 31.1 Å². The number of imide groups is 1. The highest BCUT2D eigenvalue weighted by atomic mass is 16.5. The van der Waals surface area contributed by atoms with E-state index in [1.54, 1.807) is 24.4 Å². The van der Waals surface area contributed by atoms with Gasteiger partial charge in [0, 0.05) is 49.8 Å². The molecule has 0 aliphatic carbocycles. The Morgan fingerprint density at radius 2 is 1.82 bits per heavy atom. The normalized spacial score (nSPS) is 18.7. The number of ether oxygens (including phenoxy) is 1. The van der Waals surface area contributed by atoms with Crippen molar-refractivity contribution in [3.63, 3.8) is 0 Å². The maximum absolute atomic E-state index is 13.1. The summed E-state index contributed by atoms with van der Waals surface area (Å²) in [5, 5.41) is 18.2. The highest BCUT2D eigenvalue weighted by Gasteiger charge is 2.40. The number of hydrogen-bond acceptors (Lipinski definition) is 9. The minimum Gasteiger partial charge on any atom is -0.489 e. The summed E-state index contributed by atoms with van der Waals surface area (Å²) >= 11 is 0. The van der Waals surface area contributed by atoms with Crippen molar-refractivity contribution in [3.05, 3.63) is 88.7 Å². The van der Waals surface area contributed by atoms with Gasteiger partial charge in [0.2, 0.25) is 11.8 Å². The first-order chi connectivity index (χ1) is 21.8. The third kappa shape index (κ3) is 6.94. The van der Waals surface area contributed by atoms with Crippen molar-refractivity contribution in [1.29, 1.82) is 5.26 Å². The molecule has 2 aromatic carbocycles. The number of benzene rings is 2. The van der Waals surface area contributed by atoms with E-state index in [1.165, 1.54) is 10.5 Å². The van der Waals surface area contributed by atoms with Crippen LogP contribution in [0.3, 0.4) is 0 Å². The Morgan fingerprint density at radius 3 is 2.47 bits per heavy atom. The lowest BCUT2D eigenvalue weighted by Crippen LogP contribution is -2.52. The summed E-state index contributed by atoms with van der Waals surface area (Å²) in [6, 6.07) is 19.2. The molecule has 0 unspecified atom stereocenters. The van der Waals surface area contributed by atoms with E-state index in [9.17, 15) is 14.4 Å². The number of nitrogens with zero attached hydrogens (tertiary/aromatic N) is 5. The monoisotopic (exact) mass is 610 g/mol. The number of rotatable bonds is 7. The first-order valence-electron chi connectivity index (χ1n) is 14.7. The summed E-state index contributed by atoms with van der Waals surface area (Å²) in [6.07, 6.45) is 2.32. The Morgan fingerprint density at radius 1 is 1.09 bits per heavy atom. The van der Waals surface area contributed by atoms with E-state index < -0.39 is 11.9 Å². The number of carbonyl (C=O) groups excluding carboxylic acids is 3. The Labute approximate surface area is 260 Å². The molecule has 3 aliphatic heterocycles. The van der Waals surface area contributed by atoms with Gasteiger partial charge in [-0.1, -0.05) is 30.3 Å². The molecular formula is C33H34N6O6. The van der Waals surface area contributed by atoms with Crippen LogP contribution in [0, 0.1) is 11.3 Å². The fourth-order valence-electron chi connectivity index (χ4n) is 5.96. The number of pyridine rings is 1. The van der Waals surface area contributed by atoms with Gasteiger partial charge in [-0.3, -0.25) is 29.4 Å². The number of nitrogens with one attached hydrogen (secondary N) is 1. The predicted molar refractivity (Wildman–Crippen MR) is 163 cm³/mol. The first-order valence-corrected chi connectivity index (χ1v) is 14.7. The standard InChI is InChI=1S/C32H32N6O4.CH2O2/c1-21(36-13-15-37(16-14-36)25-10-9-24(17-33)34-18-25)23-7-5-22(6-8-23)20-42-29-4-2-3-26-27(29)19-38(32(26)41)28-11-12-30(39)35-31(28)40;2-1-3/h2-10,18,21,28H,11-16,19-20H2,1H3,(H,35,39,40);1H,(H,2,3)/t21-,28+;/m1./s1. The van der Waals surface area contributed by atoms with Crippen molar-refractivity contribution in [3.8, 4) is 11.8 Å². The first kappa shape index (κ1) is 31.2. The number of hydrogen-bond donors (Lipinski definition) is 2. The second kappa shape index (κ2) is 14.0. The van der Waals surface area contributed by atoms with Gasteiger partial charge >= 0.3 is 0 Å². The number of piperidine rings is 1. The van der Waals surface area contributed by atoms with Gasteiger partial charge in [-0.25, -0.2) is 4.98 Å². The lowest BCUT2D eigenvalue weighted by Gasteiger charge is -2.39. The van der Waals surface area contributed by atoms with E-state index in [0.29, 0.717) is 30.0 Å². The molecule has 0 spiro atoms. The smallest absolute Gasteiger partial charge is 0.290 e. The molecule has 3 aliphatic rings. The Hall–Kier alpha value is -5.28. The maximum Gasteiger partial charge on any atom is 0.290 e. The number of carboxylic acid groups (broad SMARTS) is 1. The minimum absolute atomic E-state index is 0.210. The number of nitriles is 1. The van der Waals surface area contributed by atoms with Crippen LogP contribution in [0.4, 0.5) is 5.69 Å². The highest BCUT2D eigenvalue weighted by Crippen LogP contribution is 2.34. The predicted octanol–water partition coefficient (Wildman–Crippen LogP) is 2.88. The van der Waals surface area contributed by atoms with Crippen LogP contribution in [-0.4, -0.2) is 76.3 Å². The maximum atomic E-state index is 13.1. The highest BCUT2D eigenvalue weighted by molar-refractivity contribution is 6.05. The molecule has 45 heavy (non-hydrogen) atoms. The summed E-state index contributed by atoms with van der Waals surface area (Å²) in [7, 11) is 0. The summed E-state index contributed by atoms with van der Waals surface area (Å²) in [5.41, 5.74) is 5.04. The molecule has 1 aromatic heterocycles. The summed E-state index contributed by atoms with van der Waals surface area (Å²) in [5.74, 6) is -0.305. The number of carbonyl (C=O) groups is 4. The lowest BCUT2D eigenvalue weighted by molar-refractivity contribution is -0.137. The molecule has 232 valence electrons. The summed E-state index contributed by atoms with van der Waals surface area (Å²) in [4.78, 5) is 55.9. The van der Waals surface area contributed by atoms with Gasteiger partial charge in [0.25, 0.3) is 12.4 Å². The molecule has 0 radical (unpaired) electrons. The van der Waals surface area contributed by atoms with E-state index in [1.807, 2.05) is 12.1 Å². The molecule has 6 rings (SSSR count). The third-order valence-corrected chi connectivity index (χ3v) is 8.49. The Kier molecular flexibility index (Phi) is 9.70. The zero-order valence-corrected chi connectivity index (χ0v) is 24.9. The van der Waals surface area contributed by atoms with Crippen LogP contribution >= 0.6 is 0 Å². The van der Waals surface area contributed by atoms with Crippen LogP contribution in [0.15, 0.2) is 60.8 Å². The average Bonchev–Trinajstić information content (AvgIpc) is 3.40. The molecule has 2 N–H and O–H groups in total. The number of amides is 3. The van der Waals surface area contributed by atoms with E-state index in [0.717, 1.165) is 43.0 Å². The van der Waals surface area contributed by atoms with Crippen molar-refractivity contribution in [2.45, 2.75) is 45.0 Å². The molecule has 0 bridgehead atoms. The van der Waals surface area contributed by atoms with Crippen LogP contribution in [0.25, 0.3) is 0 Å². The van der Waals surface area contributed by atoms with Crippen molar-refractivity contribution < 1.29 is 29.0 Å². The fourth-order valence-corrected chi connectivity index (χ4v) is 5.96. The van der Waals surface area contributed by atoms with Crippen LogP contribution in [-0.2, 0) is 27.5 Å². The summed E-state index contributed by atoms with van der Waals surface area (Å²) in [6.45, 7) is 6.27. The third-order valence-electron chi connectivity index (χ3n) is 8.49. The lowest BCUT2D eigenvalue weighted by atomic mass is 10.0. The molecule has 4 heterocycles. The molecule has 3 aromatic rings. The Balaban J connectivity index is 0.00000128. The van der Waals surface area contributed by atoms with Gasteiger partial charge in [0.15, 0.2) is 0 Å². The second-order valence-electron chi connectivity index (χ2n) is 11.0. The largest absolute Gasteiger partial charge is 0.489 e. The fraction of sp³-hybridized carbons (Fsp3) is 0.333. The van der Waals surface area contributed by atoms with Crippen molar-refractivity contribution in [2.24, 2.45) is 0 Å². The van der Waals surface area contributed by atoms with E-state index in [4.69, 9.17) is 19.9 Å². The quantitative estimate of drug-likeness (QED) is 0.301. The van der Waals surface area contributed by atoms with Crippen LogP contribution in [0.2, 0.25) is 0 Å². The number of anilines is 1. The van der Waals surface area contributed by atoms with Gasteiger partial charge in [-0.2, -0.15) is 5.26 Å². The van der Waals surface area contributed by atoms with E-state index in [2.05, 4.69) is 57.4 Å².